The molecule has 0 aromatic rings. The molecular formula is C9H20ClO5P. The van der Waals surface area contributed by atoms with E-state index in [0.29, 0.717) is 0 Å². The Kier molecular flexibility index (Phi) is 7.10. The van der Waals surface area contributed by atoms with Crippen LogP contribution in [0, 0.1) is 0 Å². The molecule has 7 heteroatoms. The van der Waals surface area contributed by atoms with Gasteiger partial charge in [0.25, 0.3) is 7.37 Å². The Balaban J connectivity index is 4.81. The van der Waals surface area contributed by atoms with Crippen LogP contribution in [0.25, 0.3) is 0 Å². The summed E-state index contributed by atoms with van der Waals surface area (Å²) in [5, 5.41) is 9.32. The van der Waals surface area contributed by atoms with Gasteiger partial charge >= 0.3 is 0 Å². The van der Waals surface area contributed by atoms with Crippen molar-refractivity contribution in [1.29, 1.82) is 0 Å². The largest absolute Gasteiger partial charge is 0.391 e. The number of aliphatic hydroxyl groups excluding tert-OH is 1. The average Bonchev–Trinajstić information content (AvgIpc) is 2.17. The van der Waals surface area contributed by atoms with Crippen LogP contribution in [0.1, 0.15) is 20.8 Å². The van der Waals surface area contributed by atoms with Crippen LogP contribution in [0.3, 0.4) is 0 Å². The minimum Gasteiger partial charge on any atom is -0.391 e. The van der Waals surface area contributed by atoms with Crippen molar-refractivity contribution < 1.29 is 24.0 Å². The Labute approximate surface area is 101 Å². The summed E-state index contributed by atoms with van der Waals surface area (Å²) in [6.07, 6.45) is -1.38. The molecule has 0 aliphatic rings. The molecule has 98 valence electrons. The van der Waals surface area contributed by atoms with E-state index in [4.69, 9.17) is 21.1 Å². The molecule has 0 bridgehead atoms. The molecule has 0 aromatic heterocycles. The van der Waals surface area contributed by atoms with Crippen molar-refractivity contribution in [2.45, 2.75) is 32.4 Å². The number of rotatable bonds is 8. The summed E-state index contributed by atoms with van der Waals surface area (Å²) in [6.45, 7) is 5.31. The Hall–Kier alpha value is 0.360. The molecule has 0 saturated carbocycles. The zero-order valence-corrected chi connectivity index (χ0v) is 11.5. The van der Waals surface area contributed by atoms with Crippen molar-refractivity contribution >= 4 is 19.0 Å². The number of hydrogen-bond acceptors (Lipinski definition) is 4. The third-order valence-corrected chi connectivity index (χ3v) is 4.90. The predicted molar refractivity (Wildman–Crippen MR) is 63.1 cm³/mol. The molecule has 2 atom stereocenters. The van der Waals surface area contributed by atoms with Gasteiger partial charge in [-0.3, -0.25) is 4.57 Å². The highest BCUT2D eigenvalue weighted by Gasteiger charge is 2.46. The Morgan fingerprint density at radius 2 is 1.81 bits per heavy atom. The van der Waals surface area contributed by atoms with Gasteiger partial charge in [0.15, 0.2) is 0 Å². The molecule has 1 unspecified atom stereocenters. The quantitative estimate of drug-likeness (QED) is 0.399. The second kappa shape index (κ2) is 6.94. The van der Waals surface area contributed by atoms with Crippen LogP contribution in [0.2, 0.25) is 0 Å². The summed E-state index contributed by atoms with van der Waals surface area (Å²) >= 11 is 5.40. The Morgan fingerprint density at radius 1 is 1.38 bits per heavy atom. The van der Waals surface area contributed by atoms with E-state index in [1.807, 2.05) is 0 Å². The maximum atomic E-state index is 12.1. The second-order valence-electron chi connectivity index (χ2n) is 3.46. The van der Waals surface area contributed by atoms with Gasteiger partial charge in [0, 0.05) is 19.1 Å². The maximum Gasteiger partial charge on any atom is 0.260 e. The predicted octanol–water partition coefficient (Wildman–Crippen LogP) is 1.60. The smallest absolute Gasteiger partial charge is 0.260 e. The number of aliphatic hydroxyl groups is 1. The molecule has 0 rings (SSSR count). The zero-order valence-electron chi connectivity index (χ0n) is 9.85. The summed E-state index contributed by atoms with van der Waals surface area (Å²) in [5.74, 6) is -0.0983. The van der Waals surface area contributed by atoms with Gasteiger partial charge in [-0.1, -0.05) is 0 Å². The Morgan fingerprint density at radius 3 is 2.12 bits per heavy atom. The van der Waals surface area contributed by atoms with Crippen molar-refractivity contribution in [1.82, 2.24) is 0 Å². The molecule has 0 aromatic carbocycles. The SMILES string of the molecule is CCOC(C)(OCC)P(=O)(O)C[C@@H](O)CCl. The normalized spacial score (nSPS) is 18.1. The fourth-order valence-electron chi connectivity index (χ4n) is 1.28. The first-order valence-electron chi connectivity index (χ1n) is 5.16. The van der Waals surface area contributed by atoms with Gasteiger partial charge in [0.2, 0.25) is 5.53 Å². The lowest BCUT2D eigenvalue weighted by molar-refractivity contribution is -0.166. The summed E-state index contributed by atoms with van der Waals surface area (Å²) in [5.41, 5.74) is -1.58. The second-order valence-corrected chi connectivity index (χ2v) is 6.35. The highest BCUT2D eigenvalue weighted by molar-refractivity contribution is 7.59. The molecule has 0 radical (unpaired) electrons. The van der Waals surface area contributed by atoms with Crippen LogP contribution < -0.4 is 0 Å². The van der Waals surface area contributed by atoms with Crippen LogP contribution >= 0.6 is 19.0 Å². The van der Waals surface area contributed by atoms with E-state index in [1.165, 1.54) is 6.92 Å². The van der Waals surface area contributed by atoms with E-state index in [9.17, 15) is 14.6 Å². The lowest BCUT2D eigenvalue weighted by Crippen LogP contribution is -2.35. The van der Waals surface area contributed by atoms with E-state index in [-0.39, 0.29) is 25.3 Å². The lowest BCUT2D eigenvalue weighted by atomic mass is 10.5. The molecule has 5 nitrogen and oxygen atoms in total. The minimum atomic E-state index is -3.80. The molecule has 0 aliphatic heterocycles. The van der Waals surface area contributed by atoms with Gasteiger partial charge in [-0.2, -0.15) is 0 Å². The summed E-state index contributed by atoms with van der Waals surface area (Å²) in [4.78, 5) is 9.88. The summed E-state index contributed by atoms with van der Waals surface area (Å²) < 4.78 is 22.5. The zero-order chi connectivity index (χ0) is 12.8. The third kappa shape index (κ3) is 4.32. The van der Waals surface area contributed by atoms with Gasteiger partial charge in [-0.05, 0) is 20.8 Å². The molecule has 0 aliphatic carbocycles. The van der Waals surface area contributed by atoms with Crippen LogP contribution in [-0.2, 0) is 14.0 Å². The average molecular weight is 275 g/mol. The fourth-order valence-corrected chi connectivity index (χ4v) is 3.23. The monoisotopic (exact) mass is 274 g/mol. The van der Waals surface area contributed by atoms with Gasteiger partial charge in [0.1, 0.15) is 0 Å². The van der Waals surface area contributed by atoms with E-state index in [0.717, 1.165) is 0 Å². The fraction of sp³-hybridized carbons (Fsp3) is 1.00. The van der Waals surface area contributed by atoms with Crippen molar-refractivity contribution in [3.8, 4) is 0 Å². The van der Waals surface area contributed by atoms with E-state index in [2.05, 4.69) is 0 Å². The third-order valence-electron chi connectivity index (χ3n) is 2.10. The molecular weight excluding hydrogens is 255 g/mol. The molecule has 16 heavy (non-hydrogen) atoms. The first-order chi connectivity index (χ1) is 7.33. The molecule has 0 amide bonds. The molecule has 0 heterocycles. The molecule has 0 spiro atoms. The molecule has 2 N–H and O–H groups in total. The van der Waals surface area contributed by atoms with Crippen LogP contribution in [0.15, 0.2) is 0 Å². The number of ether oxygens (including phenoxy) is 2. The van der Waals surface area contributed by atoms with E-state index < -0.39 is 19.0 Å². The van der Waals surface area contributed by atoms with Gasteiger partial charge in [0.05, 0.1) is 12.3 Å². The van der Waals surface area contributed by atoms with Crippen LogP contribution in [0.4, 0.5) is 0 Å². The topological polar surface area (TPSA) is 76.0 Å². The number of hydrogen-bond donors (Lipinski definition) is 2. The van der Waals surface area contributed by atoms with E-state index in [1.54, 1.807) is 13.8 Å². The highest BCUT2D eigenvalue weighted by atomic mass is 35.5. The first kappa shape index (κ1) is 16.4. The molecule has 0 fully saturated rings. The minimum absolute atomic E-state index is 0.0983. The van der Waals surface area contributed by atoms with Crippen molar-refractivity contribution in [2.75, 3.05) is 25.3 Å². The first-order valence-corrected chi connectivity index (χ1v) is 7.54. The van der Waals surface area contributed by atoms with Crippen LogP contribution in [0.5, 0.6) is 0 Å². The summed E-state index contributed by atoms with van der Waals surface area (Å²) in [6, 6.07) is 0. The van der Waals surface area contributed by atoms with Gasteiger partial charge < -0.3 is 19.5 Å². The standard InChI is InChI=1S/C9H20ClO5P/c1-4-14-9(3,15-5-2)16(12,13)7-8(11)6-10/h8,11H,4-7H2,1-3H3,(H,12,13)/t8-/m0/s1. The van der Waals surface area contributed by atoms with Crippen molar-refractivity contribution in [2.24, 2.45) is 0 Å². The van der Waals surface area contributed by atoms with Gasteiger partial charge in [-0.15, -0.1) is 11.6 Å². The van der Waals surface area contributed by atoms with Crippen LogP contribution in [-0.4, -0.2) is 46.9 Å². The highest BCUT2D eigenvalue weighted by Crippen LogP contribution is 2.55. The Bertz CT molecular complexity index is 242. The number of halogens is 1. The summed E-state index contributed by atoms with van der Waals surface area (Å²) in [7, 11) is -3.80. The van der Waals surface area contributed by atoms with Gasteiger partial charge in [-0.25, -0.2) is 0 Å². The van der Waals surface area contributed by atoms with E-state index >= 15 is 0 Å². The number of alkyl halides is 1. The van der Waals surface area contributed by atoms with Crippen molar-refractivity contribution in [3.63, 3.8) is 0 Å². The maximum absolute atomic E-state index is 12.1. The lowest BCUT2D eigenvalue weighted by Gasteiger charge is -2.33. The van der Waals surface area contributed by atoms with Crippen molar-refractivity contribution in [3.05, 3.63) is 0 Å². The molecule has 0 saturated heterocycles.